The SMILES string of the molecule is CN1CCC(C)(CNc2cc(F)c(Cl)cc2N)CC1. The van der Waals surface area contributed by atoms with Crippen LogP contribution in [0.2, 0.25) is 5.02 Å². The van der Waals surface area contributed by atoms with Crippen molar-refractivity contribution in [2.75, 3.05) is 37.7 Å². The molecule has 1 heterocycles. The third-order valence-electron chi connectivity index (χ3n) is 3.99. The molecule has 0 aromatic heterocycles. The first-order chi connectivity index (χ1) is 8.89. The molecule has 0 radical (unpaired) electrons. The zero-order valence-electron chi connectivity index (χ0n) is 11.5. The van der Waals surface area contributed by atoms with E-state index in [9.17, 15) is 4.39 Å². The molecule has 0 aliphatic carbocycles. The van der Waals surface area contributed by atoms with Gasteiger partial charge in [-0.05, 0) is 44.5 Å². The lowest BCUT2D eigenvalue weighted by molar-refractivity contribution is 0.150. The predicted molar refractivity (Wildman–Crippen MR) is 79.2 cm³/mol. The number of hydrogen-bond donors (Lipinski definition) is 2. The molecule has 1 fully saturated rings. The van der Waals surface area contributed by atoms with Gasteiger partial charge in [-0.3, -0.25) is 0 Å². The van der Waals surface area contributed by atoms with Crippen LogP contribution >= 0.6 is 11.6 Å². The van der Waals surface area contributed by atoms with E-state index >= 15 is 0 Å². The average molecular weight is 286 g/mol. The van der Waals surface area contributed by atoms with Gasteiger partial charge in [0.15, 0.2) is 0 Å². The maximum atomic E-state index is 13.4. The molecule has 19 heavy (non-hydrogen) atoms. The molecule has 1 aliphatic rings. The number of nitrogens with zero attached hydrogens (tertiary/aromatic N) is 1. The molecular formula is C14H21ClFN3. The summed E-state index contributed by atoms with van der Waals surface area (Å²) >= 11 is 5.69. The van der Waals surface area contributed by atoms with Crippen molar-refractivity contribution in [3.05, 3.63) is 23.0 Å². The minimum absolute atomic E-state index is 0.0635. The van der Waals surface area contributed by atoms with Crippen molar-refractivity contribution in [2.24, 2.45) is 5.41 Å². The van der Waals surface area contributed by atoms with Gasteiger partial charge in [-0.15, -0.1) is 0 Å². The molecule has 0 atom stereocenters. The summed E-state index contributed by atoms with van der Waals surface area (Å²) in [5, 5.41) is 3.33. The van der Waals surface area contributed by atoms with Gasteiger partial charge in [0.1, 0.15) is 5.82 Å². The van der Waals surface area contributed by atoms with E-state index in [0.29, 0.717) is 11.4 Å². The van der Waals surface area contributed by atoms with Gasteiger partial charge < -0.3 is 16.0 Å². The van der Waals surface area contributed by atoms with E-state index in [0.717, 1.165) is 32.5 Å². The lowest BCUT2D eigenvalue weighted by Crippen LogP contribution is -2.40. The Morgan fingerprint density at radius 3 is 2.68 bits per heavy atom. The van der Waals surface area contributed by atoms with E-state index in [-0.39, 0.29) is 10.4 Å². The van der Waals surface area contributed by atoms with E-state index in [1.807, 2.05) is 0 Å². The molecule has 0 unspecified atom stereocenters. The van der Waals surface area contributed by atoms with Crippen molar-refractivity contribution in [3.8, 4) is 0 Å². The summed E-state index contributed by atoms with van der Waals surface area (Å²) in [5.74, 6) is -0.438. The lowest BCUT2D eigenvalue weighted by Gasteiger charge is -2.38. The predicted octanol–water partition coefficient (Wildman–Crippen LogP) is 3.21. The van der Waals surface area contributed by atoms with E-state index in [4.69, 9.17) is 17.3 Å². The van der Waals surface area contributed by atoms with Crippen LogP contribution in [0.1, 0.15) is 19.8 Å². The molecule has 106 valence electrons. The minimum atomic E-state index is -0.438. The molecule has 1 saturated heterocycles. The number of piperidine rings is 1. The zero-order chi connectivity index (χ0) is 14.0. The summed E-state index contributed by atoms with van der Waals surface area (Å²) in [6, 6.07) is 2.83. The van der Waals surface area contributed by atoms with Gasteiger partial charge in [0.05, 0.1) is 16.4 Å². The van der Waals surface area contributed by atoms with Crippen molar-refractivity contribution < 1.29 is 4.39 Å². The van der Waals surface area contributed by atoms with Gasteiger partial charge in [0, 0.05) is 12.6 Å². The van der Waals surface area contributed by atoms with Gasteiger partial charge in [-0.2, -0.15) is 0 Å². The second-order valence-electron chi connectivity index (χ2n) is 5.82. The second-order valence-corrected chi connectivity index (χ2v) is 6.23. The Hall–Kier alpha value is -1.00. The number of likely N-dealkylation sites (tertiary alicyclic amines) is 1. The van der Waals surface area contributed by atoms with Crippen LogP contribution in [0.4, 0.5) is 15.8 Å². The van der Waals surface area contributed by atoms with Crippen molar-refractivity contribution in [3.63, 3.8) is 0 Å². The van der Waals surface area contributed by atoms with Gasteiger partial charge >= 0.3 is 0 Å². The van der Waals surface area contributed by atoms with Gasteiger partial charge in [0.2, 0.25) is 0 Å². The van der Waals surface area contributed by atoms with Crippen LogP contribution in [0.5, 0.6) is 0 Å². The molecule has 0 bridgehead atoms. The highest BCUT2D eigenvalue weighted by molar-refractivity contribution is 6.31. The minimum Gasteiger partial charge on any atom is -0.397 e. The van der Waals surface area contributed by atoms with Crippen LogP contribution in [-0.2, 0) is 0 Å². The second kappa shape index (κ2) is 5.55. The van der Waals surface area contributed by atoms with Crippen molar-refractivity contribution in [1.29, 1.82) is 0 Å². The van der Waals surface area contributed by atoms with Gasteiger partial charge in [-0.1, -0.05) is 18.5 Å². The molecule has 1 aromatic carbocycles. The molecule has 5 heteroatoms. The van der Waals surface area contributed by atoms with Gasteiger partial charge in [-0.25, -0.2) is 4.39 Å². The van der Waals surface area contributed by atoms with Crippen molar-refractivity contribution >= 4 is 23.0 Å². The zero-order valence-corrected chi connectivity index (χ0v) is 12.2. The maximum absolute atomic E-state index is 13.4. The Morgan fingerprint density at radius 2 is 2.05 bits per heavy atom. The van der Waals surface area contributed by atoms with Crippen LogP contribution in [0.3, 0.4) is 0 Å². The van der Waals surface area contributed by atoms with E-state index < -0.39 is 5.82 Å². The summed E-state index contributed by atoms with van der Waals surface area (Å²) in [6.07, 6.45) is 2.26. The Bertz CT molecular complexity index is 456. The quantitative estimate of drug-likeness (QED) is 0.838. The molecule has 0 amide bonds. The Kier molecular flexibility index (Phi) is 4.21. The van der Waals surface area contributed by atoms with Crippen LogP contribution < -0.4 is 11.1 Å². The standard InChI is InChI=1S/C14H21ClFN3/c1-14(3-5-19(2)6-4-14)9-18-13-8-11(16)10(15)7-12(13)17/h7-8,18H,3-6,9,17H2,1-2H3. The fourth-order valence-electron chi connectivity index (χ4n) is 2.36. The molecule has 0 spiro atoms. The number of halogens is 2. The van der Waals surface area contributed by atoms with Crippen molar-refractivity contribution in [1.82, 2.24) is 4.90 Å². The van der Waals surface area contributed by atoms with Crippen LogP contribution in [0.15, 0.2) is 12.1 Å². The van der Waals surface area contributed by atoms with Gasteiger partial charge in [0.25, 0.3) is 0 Å². The summed E-state index contributed by atoms with van der Waals surface area (Å²) in [6.45, 7) is 5.26. The van der Waals surface area contributed by atoms with Crippen LogP contribution in [0, 0.1) is 11.2 Å². The monoisotopic (exact) mass is 285 g/mol. The highest BCUT2D eigenvalue weighted by atomic mass is 35.5. The number of anilines is 2. The van der Waals surface area contributed by atoms with Crippen LogP contribution in [0.25, 0.3) is 0 Å². The Morgan fingerprint density at radius 1 is 1.42 bits per heavy atom. The van der Waals surface area contributed by atoms with E-state index in [1.165, 1.54) is 12.1 Å². The fourth-order valence-corrected chi connectivity index (χ4v) is 2.53. The lowest BCUT2D eigenvalue weighted by atomic mass is 9.80. The average Bonchev–Trinajstić information content (AvgIpc) is 2.36. The summed E-state index contributed by atoms with van der Waals surface area (Å²) in [5.41, 5.74) is 7.20. The molecule has 1 aromatic rings. The molecule has 0 saturated carbocycles. The van der Waals surface area contributed by atoms with Crippen LogP contribution in [-0.4, -0.2) is 31.6 Å². The summed E-state index contributed by atoms with van der Waals surface area (Å²) < 4.78 is 13.4. The number of hydrogen-bond acceptors (Lipinski definition) is 3. The number of nitrogens with one attached hydrogen (secondary N) is 1. The summed E-state index contributed by atoms with van der Waals surface area (Å²) in [7, 11) is 2.14. The Labute approximate surface area is 118 Å². The fraction of sp³-hybridized carbons (Fsp3) is 0.571. The summed E-state index contributed by atoms with van der Waals surface area (Å²) in [4.78, 5) is 2.33. The smallest absolute Gasteiger partial charge is 0.143 e. The normalized spacial score (nSPS) is 19.4. The largest absolute Gasteiger partial charge is 0.397 e. The first-order valence-corrected chi connectivity index (χ1v) is 6.94. The molecule has 3 nitrogen and oxygen atoms in total. The number of nitrogen functional groups attached to an aromatic ring is 1. The number of rotatable bonds is 3. The molecular weight excluding hydrogens is 265 g/mol. The molecule has 2 rings (SSSR count). The topological polar surface area (TPSA) is 41.3 Å². The maximum Gasteiger partial charge on any atom is 0.143 e. The first-order valence-electron chi connectivity index (χ1n) is 6.57. The number of nitrogens with two attached hydrogens (primary N) is 1. The molecule has 1 aliphatic heterocycles. The van der Waals surface area contributed by atoms with E-state index in [1.54, 1.807) is 0 Å². The molecule has 3 N–H and O–H groups in total. The van der Waals surface area contributed by atoms with Crippen molar-refractivity contribution in [2.45, 2.75) is 19.8 Å². The number of benzene rings is 1. The highest BCUT2D eigenvalue weighted by Crippen LogP contribution is 2.32. The first kappa shape index (κ1) is 14.4. The Balaban J connectivity index is 2.01. The highest BCUT2D eigenvalue weighted by Gasteiger charge is 2.28. The third kappa shape index (κ3) is 3.51. The third-order valence-corrected chi connectivity index (χ3v) is 4.28. The van der Waals surface area contributed by atoms with E-state index in [2.05, 4.69) is 24.2 Å².